The van der Waals surface area contributed by atoms with Gasteiger partial charge in [-0.15, -0.1) is 15.8 Å². The van der Waals surface area contributed by atoms with E-state index in [2.05, 4.69) is 41.2 Å². The van der Waals surface area contributed by atoms with Crippen molar-refractivity contribution in [2.75, 3.05) is 13.1 Å². The highest BCUT2D eigenvalue weighted by atomic mass is 79.9. The molecule has 0 bridgehead atoms. The van der Waals surface area contributed by atoms with Gasteiger partial charge in [0.25, 0.3) is 5.67 Å². The van der Waals surface area contributed by atoms with Gasteiger partial charge in [-0.05, 0) is 13.1 Å². The highest BCUT2D eigenvalue weighted by Gasteiger charge is 2.08. The fourth-order valence-electron chi connectivity index (χ4n) is 0.727. The maximum Gasteiger partial charge on any atom is 0.299 e. The van der Waals surface area contributed by atoms with Crippen molar-refractivity contribution in [1.82, 2.24) is 4.81 Å². The zero-order valence-corrected chi connectivity index (χ0v) is 7.40. The van der Waals surface area contributed by atoms with Gasteiger partial charge in [0, 0.05) is 0 Å². The zero-order chi connectivity index (χ0) is 6.57. The Morgan fingerprint density at radius 3 is 1.75 bits per heavy atom. The smallest absolute Gasteiger partial charge is 0.299 e. The van der Waals surface area contributed by atoms with Gasteiger partial charge < -0.3 is 4.81 Å². The SMILES string of the molecule is CCN(CC)B(C)Br. The lowest BCUT2D eigenvalue weighted by atomic mass is 9.95. The van der Waals surface area contributed by atoms with Crippen LogP contribution in [-0.4, -0.2) is 23.6 Å². The lowest BCUT2D eigenvalue weighted by Gasteiger charge is -2.18. The Morgan fingerprint density at radius 1 is 1.38 bits per heavy atom. The van der Waals surface area contributed by atoms with Crippen LogP contribution in [0.25, 0.3) is 0 Å². The van der Waals surface area contributed by atoms with Crippen LogP contribution in [0.2, 0.25) is 6.82 Å². The Balaban J connectivity index is 3.35. The van der Waals surface area contributed by atoms with E-state index in [4.69, 9.17) is 0 Å². The summed E-state index contributed by atoms with van der Waals surface area (Å²) in [6, 6.07) is 0. The molecule has 48 valence electrons. The van der Waals surface area contributed by atoms with Crippen molar-refractivity contribution < 1.29 is 0 Å². The average molecular weight is 178 g/mol. The van der Waals surface area contributed by atoms with E-state index in [-0.39, 0.29) is 0 Å². The molecule has 0 aliphatic heterocycles. The monoisotopic (exact) mass is 177 g/mol. The second-order valence-electron chi connectivity index (χ2n) is 1.80. The topological polar surface area (TPSA) is 3.24 Å². The summed E-state index contributed by atoms with van der Waals surface area (Å²) in [4.78, 5) is 2.33. The first-order chi connectivity index (χ1) is 3.72. The molecule has 0 aromatic rings. The van der Waals surface area contributed by atoms with E-state index in [0.29, 0.717) is 5.67 Å². The summed E-state index contributed by atoms with van der Waals surface area (Å²) >= 11 is 3.49. The van der Waals surface area contributed by atoms with Crippen LogP contribution in [0.15, 0.2) is 0 Å². The highest BCUT2D eigenvalue weighted by molar-refractivity contribution is 9.24. The molecule has 8 heavy (non-hydrogen) atoms. The first-order valence-corrected chi connectivity index (χ1v) is 4.02. The van der Waals surface area contributed by atoms with Gasteiger partial charge in [0.2, 0.25) is 0 Å². The van der Waals surface area contributed by atoms with Crippen LogP contribution in [0.4, 0.5) is 0 Å². The molecule has 0 aliphatic carbocycles. The van der Waals surface area contributed by atoms with Crippen LogP contribution in [0, 0.1) is 0 Å². The summed E-state index contributed by atoms with van der Waals surface area (Å²) in [6.45, 7) is 8.74. The number of hydrogen-bond donors (Lipinski definition) is 0. The van der Waals surface area contributed by atoms with Crippen molar-refractivity contribution >= 4 is 21.4 Å². The van der Waals surface area contributed by atoms with E-state index in [1.807, 2.05) is 0 Å². The molecule has 0 N–H and O–H groups in total. The van der Waals surface area contributed by atoms with Gasteiger partial charge in [-0.1, -0.05) is 20.7 Å². The van der Waals surface area contributed by atoms with E-state index < -0.39 is 0 Å². The third-order valence-corrected chi connectivity index (χ3v) is 1.89. The normalized spacial score (nSPS) is 10.1. The van der Waals surface area contributed by atoms with Crippen molar-refractivity contribution in [3.8, 4) is 0 Å². The van der Waals surface area contributed by atoms with E-state index in [1.54, 1.807) is 0 Å². The first-order valence-electron chi connectivity index (χ1n) is 3.10. The maximum absolute atomic E-state index is 3.49. The van der Waals surface area contributed by atoms with E-state index in [0.717, 1.165) is 13.1 Å². The largest absolute Gasteiger partial charge is 0.333 e. The van der Waals surface area contributed by atoms with Crippen LogP contribution in [0.3, 0.4) is 0 Å². The lowest BCUT2D eigenvalue weighted by Crippen LogP contribution is -2.31. The number of rotatable bonds is 3. The molecule has 3 heteroatoms. The molecule has 0 aromatic heterocycles. The van der Waals surface area contributed by atoms with E-state index in [1.165, 1.54) is 0 Å². The van der Waals surface area contributed by atoms with Gasteiger partial charge in [-0.25, -0.2) is 0 Å². The third kappa shape index (κ3) is 2.73. The van der Waals surface area contributed by atoms with Crippen molar-refractivity contribution in [2.45, 2.75) is 20.7 Å². The van der Waals surface area contributed by atoms with Gasteiger partial charge >= 0.3 is 0 Å². The molecule has 1 nitrogen and oxygen atoms in total. The molecular weight excluding hydrogens is 165 g/mol. The van der Waals surface area contributed by atoms with E-state index >= 15 is 0 Å². The summed E-state index contributed by atoms with van der Waals surface area (Å²) in [7, 11) is 0. The standard InChI is InChI=1S/C5H13BBrN/c1-4-8(5-2)6(3)7/h4-5H2,1-3H3. The summed E-state index contributed by atoms with van der Waals surface area (Å²) in [5.74, 6) is 0. The van der Waals surface area contributed by atoms with Crippen LogP contribution in [-0.2, 0) is 0 Å². The Hall–Kier alpha value is 0.505. The van der Waals surface area contributed by atoms with Gasteiger partial charge in [0.05, 0.1) is 0 Å². The van der Waals surface area contributed by atoms with E-state index in [9.17, 15) is 0 Å². The van der Waals surface area contributed by atoms with Gasteiger partial charge in [0.15, 0.2) is 0 Å². The molecule has 0 aliphatic rings. The molecule has 0 spiro atoms. The van der Waals surface area contributed by atoms with Crippen molar-refractivity contribution in [3.63, 3.8) is 0 Å². The second kappa shape index (κ2) is 4.39. The molecule has 0 unspecified atom stereocenters. The van der Waals surface area contributed by atoms with Crippen molar-refractivity contribution in [1.29, 1.82) is 0 Å². The summed E-state index contributed by atoms with van der Waals surface area (Å²) in [5, 5.41) is 0. The van der Waals surface area contributed by atoms with Crippen molar-refractivity contribution in [2.24, 2.45) is 0 Å². The number of halogens is 1. The third-order valence-electron chi connectivity index (χ3n) is 1.32. The highest BCUT2D eigenvalue weighted by Crippen LogP contribution is 1.99. The number of hydrogen-bond acceptors (Lipinski definition) is 1. The first kappa shape index (κ1) is 8.50. The molecular formula is C5H13BBrN. The molecule has 0 atom stereocenters. The Morgan fingerprint density at radius 2 is 1.75 bits per heavy atom. The minimum Gasteiger partial charge on any atom is -0.333 e. The van der Waals surface area contributed by atoms with Gasteiger partial charge in [0.1, 0.15) is 0 Å². The molecule has 0 saturated carbocycles. The summed E-state index contributed by atoms with van der Waals surface area (Å²) < 4.78 is 0. The Bertz CT molecular complexity index is 54.4. The molecule has 0 aromatic carbocycles. The number of nitrogens with zero attached hydrogens (tertiary/aromatic N) is 1. The predicted molar refractivity (Wildman–Crippen MR) is 43.5 cm³/mol. The maximum atomic E-state index is 3.49. The minimum atomic E-state index is 0.525. The molecule has 0 rings (SSSR count). The van der Waals surface area contributed by atoms with Gasteiger partial charge in [-0.2, -0.15) is 0 Å². The van der Waals surface area contributed by atoms with Gasteiger partial charge in [-0.3, -0.25) is 0 Å². The summed E-state index contributed by atoms with van der Waals surface area (Å²) in [5.41, 5.74) is 0.525. The quantitative estimate of drug-likeness (QED) is 0.595. The van der Waals surface area contributed by atoms with Crippen LogP contribution >= 0.6 is 15.8 Å². The molecule has 0 radical (unpaired) electrons. The molecule has 0 fully saturated rings. The van der Waals surface area contributed by atoms with Crippen LogP contribution in [0.5, 0.6) is 0 Å². The Kier molecular flexibility index (Phi) is 4.67. The average Bonchev–Trinajstić information content (AvgIpc) is 1.69. The molecule has 0 saturated heterocycles. The fraction of sp³-hybridized carbons (Fsp3) is 1.00. The second-order valence-corrected chi connectivity index (χ2v) is 3.12. The lowest BCUT2D eigenvalue weighted by molar-refractivity contribution is 0.493. The molecule has 0 amide bonds. The minimum absolute atomic E-state index is 0.525. The van der Waals surface area contributed by atoms with Crippen molar-refractivity contribution in [3.05, 3.63) is 0 Å². The zero-order valence-electron chi connectivity index (χ0n) is 5.82. The van der Waals surface area contributed by atoms with Crippen LogP contribution in [0.1, 0.15) is 13.8 Å². The van der Waals surface area contributed by atoms with Crippen LogP contribution < -0.4 is 0 Å². The fourth-order valence-corrected chi connectivity index (χ4v) is 1.31. The predicted octanol–water partition coefficient (Wildman–Crippen LogP) is 1.84. The summed E-state index contributed by atoms with van der Waals surface area (Å²) in [6.07, 6.45) is 0. The Labute approximate surface area is 60.5 Å². The molecule has 0 heterocycles.